The lowest BCUT2D eigenvalue weighted by atomic mass is 9.58. The van der Waals surface area contributed by atoms with E-state index in [9.17, 15) is 0 Å². The summed E-state index contributed by atoms with van der Waals surface area (Å²) in [5.41, 5.74) is 2.32. The monoisotopic (exact) mass is 360 g/mol. The van der Waals surface area contributed by atoms with E-state index >= 15 is 0 Å². The third-order valence-corrected chi connectivity index (χ3v) is 6.72. The minimum absolute atomic E-state index is 0.00134. The van der Waals surface area contributed by atoms with E-state index in [1.807, 2.05) is 19.9 Å². The first kappa shape index (κ1) is 17.0. The number of benzene rings is 1. The van der Waals surface area contributed by atoms with Crippen LogP contribution in [0.1, 0.15) is 55.8 Å². The average Bonchev–Trinajstić information content (AvgIpc) is 3.06. The fourth-order valence-electron chi connectivity index (χ4n) is 4.95. The van der Waals surface area contributed by atoms with Crippen LogP contribution in [-0.4, -0.2) is 26.1 Å². The van der Waals surface area contributed by atoms with Crippen LogP contribution >= 0.6 is 11.3 Å². The largest absolute Gasteiger partial charge is 0.496 e. The molecule has 134 valence electrons. The van der Waals surface area contributed by atoms with Gasteiger partial charge in [0.25, 0.3) is 5.01 Å². The molecule has 3 aliphatic rings. The number of nitrogens with zero attached hydrogens (tertiary/aromatic N) is 1. The summed E-state index contributed by atoms with van der Waals surface area (Å²) < 4.78 is 21.1. The third-order valence-electron chi connectivity index (χ3n) is 5.77. The summed E-state index contributed by atoms with van der Waals surface area (Å²) in [6.07, 6.45) is 2.20. The van der Waals surface area contributed by atoms with Gasteiger partial charge in [0.2, 0.25) is 0 Å². The van der Waals surface area contributed by atoms with Gasteiger partial charge in [-0.25, -0.2) is 0 Å². The summed E-state index contributed by atoms with van der Waals surface area (Å²) in [6.45, 7) is 9.86. The lowest BCUT2D eigenvalue weighted by molar-refractivity contribution is -0.751. The molecule has 25 heavy (non-hydrogen) atoms. The van der Waals surface area contributed by atoms with Gasteiger partial charge in [-0.3, -0.25) is 0 Å². The summed E-state index contributed by atoms with van der Waals surface area (Å²) in [7, 11) is 1.74. The number of rotatable bonds is 5. The summed E-state index contributed by atoms with van der Waals surface area (Å²) >= 11 is 1.77. The molecule has 2 aliphatic heterocycles. The summed E-state index contributed by atoms with van der Waals surface area (Å²) in [6, 6.07) is 6.52. The Morgan fingerprint density at radius 3 is 2.52 bits per heavy atom. The van der Waals surface area contributed by atoms with E-state index in [4.69, 9.17) is 14.2 Å². The summed E-state index contributed by atoms with van der Waals surface area (Å²) in [5.74, 6) is 0.221. The molecule has 0 fully saturated rings. The predicted molar refractivity (Wildman–Crippen MR) is 97.3 cm³/mol. The number of hydrogen-bond acceptors (Lipinski definition) is 4. The van der Waals surface area contributed by atoms with Crippen LogP contribution in [-0.2, 0) is 9.47 Å². The number of fused-ring (bicyclic) bond motifs is 1. The fourth-order valence-corrected chi connectivity index (χ4v) is 5.98. The van der Waals surface area contributed by atoms with E-state index < -0.39 is 5.79 Å². The Kier molecular flexibility index (Phi) is 3.94. The van der Waals surface area contributed by atoms with Gasteiger partial charge >= 0.3 is 0 Å². The minimum Gasteiger partial charge on any atom is -0.496 e. The summed E-state index contributed by atoms with van der Waals surface area (Å²) in [4.78, 5) is 0. The molecule has 5 rings (SSSR count). The van der Waals surface area contributed by atoms with Crippen molar-refractivity contribution in [3.05, 3.63) is 45.9 Å². The lowest BCUT2D eigenvalue weighted by Gasteiger charge is -2.56. The predicted octanol–water partition coefficient (Wildman–Crippen LogP) is 3.89. The molecule has 0 saturated carbocycles. The first-order valence-electron chi connectivity index (χ1n) is 8.96. The first-order chi connectivity index (χ1) is 12.0. The van der Waals surface area contributed by atoms with Gasteiger partial charge in [-0.05, 0) is 33.8 Å². The van der Waals surface area contributed by atoms with E-state index in [0.717, 1.165) is 5.75 Å². The van der Waals surface area contributed by atoms with Crippen LogP contribution in [0.3, 0.4) is 0 Å². The van der Waals surface area contributed by atoms with E-state index in [1.165, 1.54) is 16.1 Å². The van der Waals surface area contributed by atoms with E-state index in [0.29, 0.717) is 13.2 Å². The van der Waals surface area contributed by atoms with Crippen molar-refractivity contribution in [1.29, 1.82) is 0 Å². The van der Waals surface area contributed by atoms with Crippen molar-refractivity contribution < 1.29 is 18.8 Å². The quantitative estimate of drug-likeness (QED) is 0.599. The van der Waals surface area contributed by atoms with Crippen LogP contribution in [0.2, 0.25) is 0 Å². The molecule has 0 saturated heterocycles. The van der Waals surface area contributed by atoms with Gasteiger partial charge in [0.15, 0.2) is 18.0 Å². The van der Waals surface area contributed by atoms with Crippen LogP contribution in [0, 0.1) is 5.41 Å². The maximum absolute atomic E-state index is 6.46. The maximum Gasteiger partial charge on any atom is 0.251 e. The summed E-state index contributed by atoms with van der Waals surface area (Å²) in [5, 5.41) is 3.45. The van der Waals surface area contributed by atoms with Gasteiger partial charge in [0.05, 0.1) is 17.9 Å². The number of ether oxygens (including phenoxy) is 3. The molecular weight excluding hydrogens is 334 g/mol. The Bertz CT molecular complexity index is 792. The minimum atomic E-state index is -0.701. The molecule has 2 aromatic rings. The van der Waals surface area contributed by atoms with Crippen molar-refractivity contribution in [2.24, 2.45) is 5.41 Å². The van der Waals surface area contributed by atoms with Crippen molar-refractivity contribution in [3.63, 3.8) is 0 Å². The Labute approximate surface area is 153 Å². The van der Waals surface area contributed by atoms with Gasteiger partial charge in [0.1, 0.15) is 11.7 Å². The van der Waals surface area contributed by atoms with Crippen molar-refractivity contribution in [2.75, 3.05) is 20.3 Å². The molecule has 5 heteroatoms. The standard InChI is InChI=1S/C20H26NO3S/c1-6-23-20(24-7-2)16-15-13(9-8-10-14(15)22-5)17(19(20,3)4)21-11-12-25-18(16)21/h8-12,16-17H,6-7H2,1-5H3/q+1. The Balaban J connectivity index is 2.08. The van der Waals surface area contributed by atoms with E-state index in [-0.39, 0.29) is 17.4 Å². The maximum atomic E-state index is 6.46. The Morgan fingerprint density at radius 1 is 1.16 bits per heavy atom. The van der Waals surface area contributed by atoms with Crippen molar-refractivity contribution in [3.8, 4) is 5.75 Å². The van der Waals surface area contributed by atoms with Crippen LogP contribution in [0.25, 0.3) is 0 Å². The topological polar surface area (TPSA) is 31.6 Å². The second-order valence-corrected chi connectivity index (χ2v) is 8.13. The molecule has 0 amide bonds. The van der Waals surface area contributed by atoms with Gasteiger partial charge in [-0.15, -0.1) is 0 Å². The smallest absolute Gasteiger partial charge is 0.251 e. The molecule has 2 bridgehead atoms. The van der Waals surface area contributed by atoms with Gasteiger partial charge in [-0.2, -0.15) is 4.57 Å². The zero-order valence-corrected chi connectivity index (χ0v) is 16.4. The normalized spacial score (nSPS) is 24.7. The molecule has 3 heterocycles. The zero-order valence-electron chi connectivity index (χ0n) is 15.5. The van der Waals surface area contributed by atoms with Gasteiger partial charge in [-0.1, -0.05) is 23.5 Å². The Morgan fingerprint density at radius 2 is 1.88 bits per heavy atom. The van der Waals surface area contributed by atoms with Crippen molar-refractivity contribution >= 4 is 11.3 Å². The molecule has 1 aromatic heterocycles. The van der Waals surface area contributed by atoms with Gasteiger partial charge < -0.3 is 14.2 Å². The third kappa shape index (κ3) is 1.97. The van der Waals surface area contributed by atoms with Crippen LogP contribution in [0.15, 0.2) is 29.8 Å². The number of aromatic nitrogens is 1. The second-order valence-electron chi connectivity index (χ2n) is 7.20. The highest BCUT2D eigenvalue weighted by Crippen LogP contribution is 2.64. The highest BCUT2D eigenvalue weighted by atomic mass is 32.1. The SMILES string of the molecule is CCOC1(OCC)C2c3c(OC)cccc3C([n+]3ccsc32)C1(C)C. The zero-order chi connectivity index (χ0) is 17.8. The molecule has 0 N–H and O–H groups in total. The van der Waals surface area contributed by atoms with Gasteiger partial charge in [0, 0.05) is 24.3 Å². The molecular formula is C20H26NO3S+. The first-order valence-corrected chi connectivity index (χ1v) is 9.84. The molecule has 4 nitrogen and oxygen atoms in total. The molecule has 0 spiro atoms. The average molecular weight is 360 g/mol. The molecule has 2 atom stereocenters. The Hall–Kier alpha value is -1.43. The molecule has 0 radical (unpaired) electrons. The van der Waals surface area contributed by atoms with Crippen LogP contribution in [0.4, 0.5) is 0 Å². The van der Waals surface area contributed by atoms with E-state index in [1.54, 1.807) is 18.4 Å². The van der Waals surface area contributed by atoms with Crippen LogP contribution in [0.5, 0.6) is 5.75 Å². The fraction of sp³-hybridized carbons (Fsp3) is 0.550. The van der Waals surface area contributed by atoms with Crippen molar-refractivity contribution in [1.82, 2.24) is 0 Å². The van der Waals surface area contributed by atoms with Crippen LogP contribution < -0.4 is 9.30 Å². The molecule has 1 aliphatic carbocycles. The number of thiazole rings is 1. The van der Waals surface area contributed by atoms with Crippen molar-refractivity contribution in [2.45, 2.75) is 45.4 Å². The van der Waals surface area contributed by atoms with E-state index in [2.05, 4.69) is 42.1 Å². The second kappa shape index (κ2) is 5.79. The lowest BCUT2D eigenvalue weighted by Crippen LogP contribution is -2.71. The highest BCUT2D eigenvalue weighted by Gasteiger charge is 2.71. The highest BCUT2D eigenvalue weighted by molar-refractivity contribution is 7.09. The number of methoxy groups -OCH3 is 1. The molecule has 1 aromatic carbocycles. The number of hydrogen-bond donors (Lipinski definition) is 0. The molecule has 2 unspecified atom stereocenters.